The van der Waals surface area contributed by atoms with Crippen LogP contribution in [0.3, 0.4) is 0 Å². The van der Waals surface area contributed by atoms with Gasteiger partial charge in [0.2, 0.25) is 0 Å². The maximum Gasteiger partial charge on any atom is 0.0195 e. The lowest BCUT2D eigenvalue weighted by atomic mass is 9.56. The smallest absolute Gasteiger partial charge is 0.0195 e. The molecule has 0 aromatic carbocycles. The van der Waals surface area contributed by atoms with Crippen molar-refractivity contribution >= 4 is 0 Å². The molecule has 108 valence electrons. The molecule has 1 saturated heterocycles. The molecule has 0 aromatic rings. The Morgan fingerprint density at radius 2 is 1.74 bits per heavy atom. The standard InChI is InChI=1S/C17H30N2/c1-2-9-17(10-3-1)11-8-16(17)19(15-6-7-15)13-14-5-4-12-18-14/h14-16,18H,1-13H2. The van der Waals surface area contributed by atoms with Crippen LogP contribution < -0.4 is 5.32 Å². The van der Waals surface area contributed by atoms with Crippen molar-refractivity contribution in [1.29, 1.82) is 0 Å². The van der Waals surface area contributed by atoms with E-state index in [-0.39, 0.29) is 0 Å². The van der Waals surface area contributed by atoms with Gasteiger partial charge in [0.15, 0.2) is 0 Å². The second-order valence-electron chi connectivity index (χ2n) is 7.70. The van der Waals surface area contributed by atoms with Gasteiger partial charge in [0, 0.05) is 24.7 Å². The molecule has 2 atom stereocenters. The van der Waals surface area contributed by atoms with E-state index in [2.05, 4.69) is 10.2 Å². The van der Waals surface area contributed by atoms with Gasteiger partial charge >= 0.3 is 0 Å². The first-order valence-electron chi connectivity index (χ1n) is 8.87. The minimum absolute atomic E-state index is 0.763. The van der Waals surface area contributed by atoms with E-state index in [1.807, 2.05) is 0 Å². The molecule has 0 radical (unpaired) electrons. The fourth-order valence-corrected chi connectivity index (χ4v) is 5.14. The summed E-state index contributed by atoms with van der Waals surface area (Å²) in [4.78, 5) is 2.97. The molecule has 0 aromatic heterocycles. The Morgan fingerprint density at radius 1 is 0.895 bits per heavy atom. The van der Waals surface area contributed by atoms with E-state index < -0.39 is 0 Å². The second-order valence-corrected chi connectivity index (χ2v) is 7.70. The lowest BCUT2D eigenvalue weighted by Crippen LogP contribution is -2.58. The molecule has 3 saturated carbocycles. The highest BCUT2D eigenvalue weighted by Crippen LogP contribution is 2.55. The van der Waals surface area contributed by atoms with Crippen molar-refractivity contribution in [2.24, 2.45) is 5.41 Å². The van der Waals surface area contributed by atoms with Crippen LogP contribution in [0, 0.1) is 5.41 Å². The van der Waals surface area contributed by atoms with Crippen molar-refractivity contribution in [3.63, 3.8) is 0 Å². The summed E-state index contributed by atoms with van der Waals surface area (Å²) in [7, 11) is 0. The van der Waals surface area contributed by atoms with Crippen molar-refractivity contribution in [2.45, 2.75) is 88.8 Å². The van der Waals surface area contributed by atoms with E-state index in [1.54, 1.807) is 19.3 Å². The third kappa shape index (κ3) is 2.35. The summed E-state index contributed by atoms with van der Waals surface area (Å²) in [6.45, 7) is 2.62. The highest BCUT2D eigenvalue weighted by molar-refractivity contribution is 5.06. The molecule has 2 heteroatoms. The molecular weight excluding hydrogens is 232 g/mol. The van der Waals surface area contributed by atoms with Crippen LogP contribution >= 0.6 is 0 Å². The number of nitrogens with zero attached hydrogens (tertiary/aromatic N) is 1. The minimum atomic E-state index is 0.763. The first-order valence-corrected chi connectivity index (χ1v) is 8.87. The van der Waals surface area contributed by atoms with Crippen molar-refractivity contribution in [1.82, 2.24) is 10.2 Å². The molecular formula is C17H30N2. The predicted octanol–water partition coefficient (Wildman–Crippen LogP) is 3.32. The Bertz CT molecular complexity index is 311. The van der Waals surface area contributed by atoms with E-state index in [0.717, 1.165) is 23.5 Å². The normalized spacial score (nSPS) is 37.7. The summed E-state index contributed by atoms with van der Waals surface area (Å²) < 4.78 is 0. The van der Waals surface area contributed by atoms with Gasteiger partial charge in [-0.3, -0.25) is 4.90 Å². The summed E-state index contributed by atoms with van der Waals surface area (Å²) in [5.74, 6) is 0. The molecule has 1 spiro atoms. The van der Waals surface area contributed by atoms with Crippen LogP contribution in [0.15, 0.2) is 0 Å². The van der Waals surface area contributed by atoms with E-state index in [0.29, 0.717) is 0 Å². The van der Waals surface area contributed by atoms with Gasteiger partial charge in [-0.1, -0.05) is 19.3 Å². The lowest BCUT2D eigenvalue weighted by molar-refractivity contribution is -0.0594. The second kappa shape index (κ2) is 5.04. The average Bonchev–Trinajstić information content (AvgIpc) is 3.16. The topological polar surface area (TPSA) is 15.3 Å². The van der Waals surface area contributed by atoms with E-state index in [4.69, 9.17) is 0 Å². The Balaban J connectivity index is 1.44. The Morgan fingerprint density at radius 3 is 2.32 bits per heavy atom. The first-order chi connectivity index (χ1) is 9.37. The number of nitrogens with one attached hydrogen (secondary N) is 1. The molecule has 4 fully saturated rings. The predicted molar refractivity (Wildman–Crippen MR) is 79.3 cm³/mol. The third-order valence-corrected chi connectivity index (χ3v) is 6.48. The number of rotatable bonds is 4. The highest BCUT2D eigenvalue weighted by Gasteiger charge is 2.52. The molecule has 3 aliphatic carbocycles. The fraction of sp³-hybridized carbons (Fsp3) is 1.00. The minimum Gasteiger partial charge on any atom is -0.313 e. The van der Waals surface area contributed by atoms with E-state index in [1.165, 1.54) is 64.5 Å². The molecule has 2 unspecified atom stereocenters. The first kappa shape index (κ1) is 12.6. The maximum absolute atomic E-state index is 3.72. The summed E-state index contributed by atoms with van der Waals surface area (Å²) >= 11 is 0. The van der Waals surface area contributed by atoms with Gasteiger partial charge in [0.1, 0.15) is 0 Å². The van der Waals surface area contributed by atoms with Gasteiger partial charge in [0.05, 0.1) is 0 Å². The largest absolute Gasteiger partial charge is 0.313 e. The molecule has 0 bridgehead atoms. The van der Waals surface area contributed by atoms with Gasteiger partial charge in [0.25, 0.3) is 0 Å². The van der Waals surface area contributed by atoms with E-state index in [9.17, 15) is 0 Å². The zero-order valence-electron chi connectivity index (χ0n) is 12.4. The molecule has 1 heterocycles. The van der Waals surface area contributed by atoms with Crippen LogP contribution in [0.5, 0.6) is 0 Å². The molecule has 4 rings (SSSR count). The van der Waals surface area contributed by atoms with Crippen molar-refractivity contribution in [3.8, 4) is 0 Å². The SMILES string of the molecule is C1CCC2(CC1)CCC2N(CC1CCCN1)C1CC1. The molecule has 19 heavy (non-hydrogen) atoms. The molecule has 0 amide bonds. The van der Waals surface area contributed by atoms with Crippen molar-refractivity contribution in [2.75, 3.05) is 13.1 Å². The zero-order valence-corrected chi connectivity index (χ0v) is 12.4. The van der Waals surface area contributed by atoms with Crippen molar-refractivity contribution < 1.29 is 0 Å². The van der Waals surface area contributed by atoms with Crippen LogP contribution in [-0.2, 0) is 0 Å². The third-order valence-electron chi connectivity index (χ3n) is 6.48. The fourth-order valence-electron chi connectivity index (χ4n) is 5.14. The maximum atomic E-state index is 3.72. The van der Waals surface area contributed by atoms with Crippen LogP contribution in [0.2, 0.25) is 0 Å². The highest BCUT2D eigenvalue weighted by atomic mass is 15.2. The molecule has 1 aliphatic heterocycles. The molecule has 2 nitrogen and oxygen atoms in total. The van der Waals surface area contributed by atoms with Gasteiger partial charge in [-0.25, -0.2) is 0 Å². The molecule has 4 aliphatic rings. The van der Waals surface area contributed by atoms with Crippen LogP contribution in [0.1, 0.15) is 70.6 Å². The van der Waals surface area contributed by atoms with Gasteiger partial charge in [-0.15, -0.1) is 0 Å². The Kier molecular flexibility index (Phi) is 3.35. The summed E-state index contributed by atoms with van der Waals surface area (Å²) in [5, 5.41) is 3.72. The van der Waals surface area contributed by atoms with Crippen molar-refractivity contribution in [3.05, 3.63) is 0 Å². The average molecular weight is 262 g/mol. The number of hydrogen-bond acceptors (Lipinski definition) is 2. The van der Waals surface area contributed by atoms with Crippen LogP contribution in [0.25, 0.3) is 0 Å². The quantitative estimate of drug-likeness (QED) is 0.836. The lowest BCUT2D eigenvalue weighted by Gasteiger charge is -2.57. The van der Waals surface area contributed by atoms with E-state index >= 15 is 0 Å². The monoisotopic (exact) mass is 262 g/mol. The Labute approximate surface area is 118 Å². The number of hydrogen-bond donors (Lipinski definition) is 1. The van der Waals surface area contributed by atoms with Gasteiger partial charge in [-0.2, -0.15) is 0 Å². The summed E-state index contributed by atoms with van der Waals surface area (Å²) in [5.41, 5.74) is 0.763. The molecule has 1 N–H and O–H groups in total. The van der Waals surface area contributed by atoms with Gasteiger partial charge in [-0.05, 0) is 63.3 Å². The van der Waals surface area contributed by atoms with Crippen LogP contribution in [0.4, 0.5) is 0 Å². The van der Waals surface area contributed by atoms with Crippen LogP contribution in [-0.4, -0.2) is 36.1 Å². The summed E-state index contributed by atoms with van der Waals surface area (Å²) in [6.07, 6.45) is 16.4. The zero-order chi connectivity index (χ0) is 12.7. The van der Waals surface area contributed by atoms with Gasteiger partial charge < -0.3 is 5.32 Å². The summed E-state index contributed by atoms with van der Waals surface area (Å²) in [6, 6.07) is 2.73. The Hall–Kier alpha value is -0.0800.